The highest BCUT2D eigenvalue weighted by molar-refractivity contribution is 6.33. The van der Waals surface area contributed by atoms with Crippen molar-refractivity contribution in [3.05, 3.63) is 56.8 Å². The van der Waals surface area contributed by atoms with Gasteiger partial charge in [0.25, 0.3) is 0 Å². The molecular formula is C12H8ClF3N2O3. The van der Waals surface area contributed by atoms with Crippen molar-refractivity contribution in [3.8, 4) is 0 Å². The fourth-order valence-electron chi connectivity index (χ4n) is 1.68. The molecule has 0 saturated heterocycles. The molecule has 1 aromatic heterocycles. The normalized spacial score (nSPS) is 11.4. The van der Waals surface area contributed by atoms with Crippen LogP contribution in [0.3, 0.4) is 0 Å². The predicted octanol–water partition coefficient (Wildman–Crippen LogP) is 4.47. The first-order chi connectivity index (χ1) is 9.79. The van der Waals surface area contributed by atoms with Gasteiger partial charge in [-0.2, -0.15) is 13.2 Å². The first-order valence-electron chi connectivity index (χ1n) is 5.61. The van der Waals surface area contributed by atoms with Gasteiger partial charge in [-0.25, -0.2) is 0 Å². The van der Waals surface area contributed by atoms with Crippen molar-refractivity contribution >= 4 is 23.2 Å². The van der Waals surface area contributed by atoms with Crippen LogP contribution in [0.5, 0.6) is 0 Å². The average molecular weight is 321 g/mol. The molecule has 0 aliphatic heterocycles. The van der Waals surface area contributed by atoms with Crippen molar-refractivity contribution in [1.29, 1.82) is 0 Å². The number of hydrogen-bond acceptors (Lipinski definition) is 4. The highest BCUT2D eigenvalue weighted by atomic mass is 35.5. The second kappa shape index (κ2) is 5.65. The predicted molar refractivity (Wildman–Crippen MR) is 69.1 cm³/mol. The minimum Gasteiger partial charge on any atom is -0.404 e. The molecule has 5 nitrogen and oxygen atoms in total. The lowest BCUT2D eigenvalue weighted by atomic mass is 10.1. The molecule has 1 aromatic carbocycles. The number of para-hydroxylation sites is 1. The summed E-state index contributed by atoms with van der Waals surface area (Å²) in [7, 11) is 0. The van der Waals surface area contributed by atoms with E-state index in [-0.39, 0.29) is 23.0 Å². The Morgan fingerprint density at radius 2 is 2.00 bits per heavy atom. The van der Waals surface area contributed by atoms with Gasteiger partial charge in [-0.3, -0.25) is 10.1 Å². The summed E-state index contributed by atoms with van der Waals surface area (Å²) in [5.74, 6) is -0.364. The van der Waals surface area contributed by atoms with Crippen LogP contribution in [0.25, 0.3) is 0 Å². The number of alkyl halides is 3. The molecule has 112 valence electrons. The van der Waals surface area contributed by atoms with E-state index in [0.29, 0.717) is 0 Å². The number of benzene rings is 1. The molecule has 1 heterocycles. The topological polar surface area (TPSA) is 68.3 Å². The molecule has 0 atom stereocenters. The van der Waals surface area contributed by atoms with E-state index in [1.807, 2.05) is 0 Å². The minimum atomic E-state index is -4.57. The van der Waals surface area contributed by atoms with E-state index in [1.54, 1.807) is 0 Å². The highest BCUT2D eigenvalue weighted by Crippen LogP contribution is 2.38. The standard InChI is InChI=1S/C12H8ClF3N2O3/c13-9-3-1-2-8(12(14,15)16)11(9)17-6-7-4-5-10(21-7)18(19)20/h1-5,17H,6H2. The van der Waals surface area contributed by atoms with E-state index in [0.717, 1.165) is 12.1 Å². The molecule has 0 aliphatic carbocycles. The summed E-state index contributed by atoms with van der Waals surface area (Å²) in [6.45, 7) is -0.166. The molecule has 2 rings (SSSR count). The maximum absolute atomic E-state index is 12.9. The van der Waals surface area contributed by atoms with Crippen molar-refractivity contribution in [2.45, 2.75) is 12.7 Å². The number of nitrogens with zero attached hydrogens (tertiary/aromatic N) is 1. The van der Waals surface area contributed by atoms with Crippen LogP contribution < -0.4 is 5.32 Å². The molecular weight excluding hydrogens is 313 g/mol. The summed E-state index contributed by atoms with van der Waals surface area (Å²) in [5.41, 5.74) is -1.22. The maximum atomic E-state index is 12.9. The molecule has 0 aliphatic rings. The lowest BCUT2D eigenvalue weighted by molar-refractivity contribution is -0.402. The minimum absolute atomic E-state index is 0.106. The van der Waals surface area contributed by atoms with Gasteiger partial charge in [0.05, 0.1) is 28.9 Å². The van der Waals surface area contributed by atoms with Gasteiger partial charge in [0.2, 0.25) is 0 Å². The molecule has 0 unspecified atom stereocenters. The summed E-state index contributed by atoms with van der Waals surface area (Å²) >= 11 is 5.76. The SMILES string of the molecule is O=[N+]([O-])c1ccc(CNc2c(Cl)cccc2C(F)(F)F)o1. The number of halogens is 4. The molecule has 21 heavy (non-hydrogen) atoms. The van der Waals surface area contributed by atoms with Crippen LogP contribution in [0.1, 0.15) is 11.3 Å². The van der Waals surface area contributed by atoms with Crippen LogP contribution in [-0.4, -0.2) is 4.92 Å². The van der Waals surface area contributed by atoms with Crippen molar-refractivity contribution in [2.75, 3.05) is 5.32 Å². The lowest BCUT2D eigenvalue weighted by Crippen LogP contribution is -2.11. The molecule has 0 fully saturated rings. The summed E-state index contributed by atoms with van der Waals surface area (Å²) in [6.07, 6.45) is -4.57. The van der Waals surface area contributed by atoms with E-state index in [4.69, 9.17) is 16.0 Å². The van der Waals surface area contributed by atoms with E-state index in [9.17, 15) is 23.3 Å². The summed E-state index contributed by atoms with van der Waals surface area (Å²) < 4.78 is 43.4. The largest absolute Gasteiger partial charge is 0.433 e. The molecule has 0 saturated carbocycles. The number of nitro groups is 1. The zero-order valence-electron chi connectivity index (χ0n) is 10.3. The van der Waals surface area contributed by atoms with Gasteiger partial charge in [-0.05, 0) is 18.2 Å². The van der Waals surface area contributed by atoms with Gasteiger partial charge in [0, 0.05) is 0 Å². The molecule has 0 radical (unpaired) electrons. The third kappa shape index (κ3) is 3.46. The third-order valence-corrected chi connectivity index (χ3v) is 2.90. The summed E-state index contributed by atoms with van der Waals surface area (Å²) in [5, 5.41) is 12.8. The second-order valence-electron chi connectivity index (χ2n) is 4.01. The zero-order valence-corrected chi connectivity index (χ0v) is 11.0. The monoisotopic (exact) mass is 320 g/mol. The molecule has 0 spiro atoms. The van der Waals surface area contributed by atoms with Crippen LogP contribution in [0.2, 0.25) is 5.02 Å². The molecule has 0 amide bonds. The lowest BCUT2D eigenvalue weighted by Gasteiger charge is -2.15. The van der Waals surface area contributed by atoms with E-state index in [2.05, 4.69) is 5.32 Å². The van der Waals surface area contributed by atoms with Gasteiger partial charge in [0.1, 0.15) is 10.7 Å². The zero-order chi connectivity index (χ0) is 15.6. The van der Waals surface area contributed by atoms with Crippen molar-refractivity contribution in [3.63, 3.8) is 0 Å². The Bertz CT molecular complexity index is 670. The Hall–Kier alpha value is -2.22. The Balaban J connectivity index is 2.21. The summed E-state index contributed by atoms with van der Waals surface area (Å²) in [4.78, 5) is 9.71. The summed E-state index contributed by atoms with van der Waals surface area (Å²) in [6, 6.07) is 5.81. The first-order valence-corrected chi connectivity index (χ1v) is 5.99. The fraction of sp³-hybridized carbons (Fsp3) is 0.167. The van der Waals surface area contributed by atoms with Crippen LogP contribution in [0.4, 0.5) is 24.7 Å². The number of nitrogens with one attached hydrogen (secondary N) is 1. The van der Waals surface area contributed by atoms with Gasteiger partial charge in [-0.15, -0.1) is 0 Å². The third-order valence-electron chi connectivity index (χ3n) is 2.59. The number of furan rings is 1. The molecule has 2 aromatic rings. The van der Waals surface area contributed by atoms with E-state index in [1.165, 1.54) is 18.2 Å². The number of anilines is 1. The van der Waals surface area contributed by atoms with Crippen molar-refractivity contribution in [1.82, 2.24) is 0 Å². The van der Waals surface area contributed by atoms with Gasteiger partial charge in [-0.1, -0.05) is 17.7 Å². The van der Waals surface area contributed by atoms with Crippen molar-refractivity contribution < 1.29 is 22.5 Å². The number of hydrogen-bond donors (Lipinski definition) is 1. The Kier molecular flexibility index (Phi) is 4.08. The maximum Gasteiger partial charge on any atom is 0.433 e. The van der Waals surface area contributed by atoms with Crippen LogP contribution in [-0.2, 0) is 12.7 Å². The Morgan fingerprint density at radius 1 is 1.29 bits per heavy atom. The van der Waals surface area contributed by atoms with Gasteiger partial charge >= 0.3 is 12.1 Å². The van der Waals surface area contributed by atoms with Crippen LogP contribution in [0.15, 0.2) is 34.7 Å². The fourth-order valence-corrected chi connectivity index (χ4v) is 1.92. The molecule has 9 heteroatoms. The Morgan fingerprint density at radius 3 is 2.57 bits per heavy atom. The quantitative estimate of drug-likeness (QED) is 0.666. The average Bonchev–Trinajstić information content (AvgIpc) is 2.85. The van der Waals surface area contributed by atoms with Crippen LogP contribution in [0, 0.1) is 10.1 Å². The van der Waals surface area contributed by atoms with Crippen molar-refractivity contribution in [2.24, 2.45) is 0 Å². The highest BCUT2D eigenvalue weighted by Gasteiger charge is 2.34. The van der Waals surface area contributed by atoms with E-state index < -0.39 is 22.5 Å². The first kappa shape index (κ1) is 15.2. The van der Waals surface area contributed by atoms with Gasteiger partial charge < -0.3 is 9.73 Å². The molecule has 0 bridgehead atoms. The van der Waals surface area contributed by atoms with Gasteiger partial charge in [0.15, 0.2) is 0 Å². The molecule has 1 N–H and O–H groups in total. The Labute approximate surface area is 121 Å². The van der Waals surface area contributed by atoms with Crippen LogP contribution >= 0.6 is 11.6 Å². The number of rotatable bonds is 4. The second-order valence-corrected chi connectivity index (χ2v) is 4.42. The van der Waals surface area contributed by atoms with E-state index >= 15 is 0 Å². The smallest absolute Gasteiger partial charge is 0.404 e.